The topological polar surface area (TPSA) is 46.5 Å². The summed E-state index contributed by atoms with van der Waals surface area (Å²) < 4.78 is 0.798. The highest BCUT2D eigenvalue weighted by Crippen LogP contribution is 2.20. The molecule has 0 aliphatic heterocycles. The summed E-state index contributed by atoms with van der Waals surface area (Å²) >= 11 is 13.5. The summed E-state index contributed by atoms with van der Waals surface area (Å²) in [7, 11) is 0. The molecule has 3 nitrogen and oxygen atoms in total. The molecule has 0 aromatic heterocycles. The molecule has 0 heterocycles. The largest absolute Gasteiger partial charge is 0.287 e. The summed E-state index contributed by atoms with van der Waals surface area (Å²) in [6.07, 6.45) is 2.65. The molecule has 0 fully saturated rings. The van der Waals surface area contributed by atoms with Crippen molar-refractivity contribution in [3.8, 4) is 0 Å². The van der Waals surface area contributed by atoms with Gasteiger partial charge in [0.15, 0.2) is 0 Å². The van der Waals surface area contributed by atoms with Gasteiger partial charge in [-0.2, -0.15) is 0 Å². The normalized spacial score (nSPS) is 14.9. The van der Waals surface area contributed by atoms with Crippen LogP contribution in [0.25, 0.3) is 0 Å². The number of aliphatic imine (C=N–C) groups is 1. The zero-order chi connectivity index (χ0) is 14.0. The van der Waals surface area contributed by atoms with Gasteiger partial charge in [-0.3, -0.25) is 9.59 Å². The number of benzene rings is 1. The number of hydrogen-bond acceptors (Lipinski definition) is 2. The zero-order valence-electron chi connectivity index (χ0n) is 9.36. The Morgan fingerprint density at radius 3 is 2.26 bits per heavy atom. The number of hydrogen-bond donors (Lipinski definition) is 0. The number of nitrogens with zero attached hydrogens (tertiary/aromatic N) is 1. The first-order valence-corrected chi connectivity index (χ1v) is 6.99. The van der Waals surface area contributed by atoms with Gasteiger partial charge < -0.3 is 0 Å². The predicted octanol–water partition coefficient (Wildman–Crippen LogP) is 3.70. The van der Waals surface area contributed by atoms with Gasteiger partial charge in [0, 0.05) is 3.57 Å². The van der Waals surface area contributed by atoms with Crippen LogP contribution in [0.3, 0.4) is 0 Å². The monoisotopic (exact) mass is 405 g/mol. The summed E-state index contributed by atoms with van der Waals surface area (Å²) in [5.74, 6) is -0.875. The van der Waals surface area contributed by atoms with E-state index in [9.17, 15) is 9.59 Å². The van der Waals surface area contributed by atoms with Gasteiger partial charge in [-0.1, -0.05) is 35.3 Å². The number of carbonyl (C=O) groups excluding carboxylic acids is 2. The lowest BCUT2D eigenvalue weighted by molar-refractivity contribution is -0.111. The number of amides is 1. The van der Waals surface area contributed by atoms with Gasteiger partial charge in [0.2, 0.25) is 5.78 Å². The summed E-state index contributed by atoms with van der Waals surface area (Å²) in [6.45, 7) is 0. The molecule has 1 aliphatic carbocycles. The van der Waals surface area contributed by atoms with E-state index >= 15 is 0 Å². The highest BCUT2D eigenvalue weighted by atomic mass is 127. The fourth-order valence-corrected chi connectivity index (χ4v) is 2.52. The van der Waals surface area contributed by atoms with E-state index in [0.717, 1.165) is 3.57 Å². The van der Waals surface area contributed by atoms with Gasteiger partial charge in [0.1, 0.15) is 0 Å². The summed E-state index contributed by atoms with van der Waals surface area (Å²) in [4.78, 5) is 27.2. The second kappa shape index (κ2) is 5.98. The van der Waals surface area contributed by atoms with Crippen LogP contribution in [-0.2, 0) is 4.79 Å². The summed E-state index contributed by atoms with van der Waals surface area (Å²) in [5, 5.41) is -0.108. The minimum atomic E-state index is -0.468. The van der Waals surface area contributed by atoms with Crippen molar-refractivity contribution in [3.63, 3.8) is 0 Å². The van der Waals surface area contributed by atoms with Crippen LogP contribution in [0.4, 0.5) is 0 Å². The van der Waals surface area contributed by atoms with Gasteiger partial charge in [-0.25, -0.2) is 4.99 Å². The number of Topliss-reactive ketones (excluding diaryl/α,β-unsaturated/α-hetero) is 1. The quantitative estimate of drug-likeness (QED) is 0.528. The maximum Gasteiger partial charge on any atom is 0.278 e. The van der Waals surface area contributed by atoms with E-state index < -0.39 is 11.7 Å². The zero-order valence-corrected chi connectivity index (χ0v) is 13.0. The molecule has 1 aromatic carbocycles. The van der Waals surface area contributed by atoms with Gasteiger partial charge in [-0.15, -0.1) is 0 Å². The van der Waals surface area contributed by atoms with Crippen molar-refractivity contribution in [2.75, 3.05) is 0 Å². The predicted molar refractivity (Wildman–Crippen MR) is 83.8 cm³/mol. The Labute approximate surface area is 133 Å². The molecule has 0 saturated carbocycles. The van der Waals surface area contributed by atoms with Crippen molar-refractivity contribution in [3.05, 3.63) is 55.6 Å². The van der Waals surface area contributed by atoms with Crippen LogP contribution in [0.2, 0.25) is 0 Å². The maximum atomic E-state index is 12.0. The lowest BCUT2D eigenvalue weighted by Gasteiger charge is -2.05. The molecule has 0 unspecified atom stereocenters. The Hall–Kier alpha value is -0.980. The van der Waals surface area contributed by atoms with Crippen LogP contribution in [0, 0.1) is 3.57 Å². The van der Waals surface area contributed by atoms with Crippen LogP contribution in [0.1, 0.15) is 10.4 Å². The van der Waals surface area contributed by atoms with Crippen molar-refractivity contribution in [1.82, 2.24) is 0 Å². The van der Waals surface area contributed by atoms with Gasteiger partial charge in [0.25, 0.3) is 5.91 Å². The molecule has 0 bridgehead atoms. The molecule has 0 radical (unpaired) electrons. The van der Waals surface area contributed by atoms with E-state index in [0.29, 0.717) is 5.56 Å². The Balaban J connectivity index is 2.36. The van der Waals surface area contributed by atoms with Gasteiger partial charge >= 0.3 is 0 Å². The molecular weight excluding hydrogens is 400 g/mol. The van der Waals surface area contributed by atoms with Crippen LogP contribution < -0.4 is 0 Å². The van der Waals surface area contributed by atoms with E-state index in [-0.39, 0.29) is 15.8 Å². The van der Waals surface area contributed by atoms with Crippen molar-refractivity contribution >= 4 is 63.2 Å². The maximum absolute atomic E-state index is 12.0. The van der Waals surface area contributed by atoms with E-state index in [1.165, 1.54) is 12.2 Å². The van der Waals surface area contributed by atoms with Crippen LogP contribution in [0.5, 0.6) is 0 Å². The molecule has 96 valence electrons. The van der Waals surface area contributed by atoms with Crippen molar-refractivity contribution < 1.29 is 9.59 Å². The average Bonchev–Trinajstić information content (AvgIpc) is 2.36. The molecule has 6 heteroatoms. The molecule has 0 saturated heterocycles. The Bertz CT molecular complexity index is 638. The van der Waals surface area contributed by atoms with Crippen molar-refractivity contribution in [1.29, 1.82) is 0 Å². The molecule has 0 atom stereocenters. The molecular formula is C13H6Cl2INO2. The third-order valence-corrected chi connectivity index (χ3v) is 3.82. The third kappa shape index (κ3) is 3.32. The standard InChI is InChI=1S/C13H6Cl2INO2/c14-9-5-7(6-10(15)12(9)18)17-13(19)8-3-1-2-4-11(8)16/h1-6H. The smallest absolute Gasteiger partial charge is 0.278 e. The first kappa shape index (κ1) is 14.4. The molecule has 2 rings (SSSR count). The van der Waals surface area contributed by atoms with Gasteiger partial charge in [0.05, 0.1) is 21.3 Å². The highest BCUT2D eigenvalue weighted by Gasteiger charge is 2.18. The molecule has 0 spiro atoms. The third-order valence-electron chi connectivity index (χ3n) is 2.32. The second-order valence-electron chi connectivity index (χ2n) is 3.64. The molecule has 1 aromatic rings. The van der Waals surface area contributed by atoms with E-state index in [2.05, 4.69) is 27.6 Å². The number of allylic oxidation sites excluding steroid dienone is 4. The van der Waals surface area contributed by atoms with Gasteiger partial charge in [-0.05, 0) is 46.9 Å². The average molecular weight is 406 g/mol. The molecule has 19 heavy (non-hydrogen) atoms. The number of ketones is 1. The Morgan fingerprint density at radius 2 is 1.68 bits per heavy atom. The molecule has 1 aliphatic rings. The van der Waals surface area contributed by atoms with E-state index in [1.54, 1.807) is 12.1 Å². The lowest BCUT2D eigenvalue weighted by atomic mass is 10.1. The molecule has 1 amide bonds. The lowest BCUT2D eigenvalue weighted by Crippen LogP contribution is -2.10. The minimum absolute atomic E-state index is 0.0539. The van der Waals surface area contributed by atoms with Crippen molar-refractivity contribution in [2.24, 2.45) is 4.99 Å². The summed E-state index contributed by atoms with van der Waals surface area (Å²) in [6, 6.07) is 7.08. The summed E-state index contributed by atoms with van der Waals surface area (Å²) in [5.41, 5.74) is 0.751. The fraction of sp³-hybridized carbons (Fsp3) is 0. The van der Waals surface area contributed by atoms with Crippen LogP contribution >= 0.6 is 45.8 Å². The van der Waals surface area contributed by atoms with Crippen molar-refractivity contribution in [2.45, 2.75) is 0 Å². The SMILES string of the molecule is O=C1C(Cl)=CC(=NC(=O)c2ccccc2I)C=C1Cl. The number of halogens is 3. The van der Waals surface area contributed by atoms with Crippen LogP contribution in [-0.4, -0.2) is 17.4 Å². The Morgan fingerprint density at radius 1 is 1.11 bits per heavy atom. The second-order valence-corrected chi connectivity index (χ2v) is 5.61. The Kier molecular flexibility index (Phi) is 4.54. The number of rotatable bonds is 1. The van der Waals surface area contributed by atoms with E-state index in [4.69, 9.17) is 23.2 Å². The number of carbonyl (C=O) groups is 2. The van der Waals surface area contributed by atoms with Crippen LogP contribution in [0.15, 0.2) is 51.5 Å². The first-order chi connectivity index (χ1) is 8.99. The minimum Gasteiger partial charge on any atom is -0.287 e. The molecule has 0 N–H and O–H groups in total. The van der Waals surface area contributed by atoms with E-state index in [1.807, 2.05) is 12.1 Å². The highest BCUT2D eigenvalue weighted by molar-refractivity contribution is 14.1. The fourth-order valence-electron chi connectivity index (χ4n) is 1.42. The first-order valence-electron chi connectivity index (χ1n) is 5.15.